The van der Waals surface area contributed by atoms with Crippen LogP contribution in [-0.4, -0.2) is 34.9 Å². The normalized spacial score (nSPS) is 19.0. The van der Waals surface area contributed by atoms with Crippen molar-refractivity contribution in [2.45, 2.75) is 23.7 Å². The summed E-state index contributed by atoms with van der Waals surface area (Å²) >= 11 is 0. The van der Waals surface area contributed by atoms with Gasteiger partial charge in [-0.2, -0.15) is 17.5 Å². The van der Waals surface area contributed by atoms with Gasteiger partial charge in [0.1, 0.15) is 0 Å². The van der Waals surface area contributed by atoms with Gasteiger partial charge in [0.25, 0.3) is 5.91 Å². The second-order valence-corrected chi connectivity index (χ2v) is 8.57. The average molecular weight is 409 g/mol. The Balaban J connectivity index is 1.93. The molecule has 2 aromatic rings. The quantitative estimate of drug-likeness (QED) is 0.540. The van der Waals surface area contributed by atoms with Crippen molar-refractivity contribution >= 4 is 27.7 Å². The second kappa shape index (κ2) is 7.38. The van der Waals surface area contributed by atoms with E-state index in [4.69, 9.17) is 0 Å². The molecule has 0 saturated heterocycles. The van der Waals surface area contributed by atoms with E-state index in [1.807, 2.05) is 18.9 Å². The number of hydrogen-bond acceptors (Lipinski definition) is 3. The van der Waals surface area contributed by atoms with Gasteiger partial charge in [-0.3, -0.25) is 4.79 Å². The van der Waals surface area contributed by atoms with E-state index in [2.05, 4.69) is 9.36 Å². The Hall–Kier alpha value is -2.68. The molecule has 1 aliphatic rings. The zero-order chi connectivity index (χ0) is 20.5. The monoisotopic (exact) mass is 409 g/mol. The number of hydrogen-bond donors (Lipinski definition) is 0. The molecule has 0 saturated carbocycles. The summed E-state index contributed by atoms with van der Waals surface area (Å²) in [6.45, 7) is 2.72. The van der Waals surface area contributed by atoms with E-state index < -0.39 is 27.4 Å². The molecule has 1 aliphatic heterocycles. The summed E-state index contributed by atoms with van der Waals surface area (Å²) in [5.74, 6) is -0.913. The zero-order valence-electron chi connectivity index (χ0n) is 15.2. The van der Waals surface area contributed by atoms with Crippen molar-refractivity contribution in [3.05, 3.63) is 59.2 Å². The Morgan fingerprint density at radius 1 is 1.21 bits per heavy atom. The number of nitrogens with zero attached hydrogens (tertiary/aromatic N) is 3. The van der Waals surface area contributed by atoms with E-state index in [0.717, 1.165) is 18.7 Å². The van der Waals surface area contributed by atoms with Gasteiger partial charge in [0.05, 0.1) is 43.5 Å². The molecule has 0 bridgehead atoms. The van der Waals surface area contributed by atoms with E-state index in [1.165, 1.54) is 24.3 Å². The summed E-state index contributed by atoms with van der Waals surface area (Å²) in [6.07, 6.45) is -2.89. The van der Waals surface area contributed by atoms with Crippen LogP contribution in [-0.2, 0) is 21.7 Å². The molecular formula is C19H18F3N3O2S. The Bertz CT molecular complexity index is 1070. The Morgan fingerprint density at radius 2 is 1.96 bits per heavy atom. The topological polar surface area (TPSA) is 62.1 Å². The van der Waals surface area contributed by atoms with Crippen molar-refractivity contribution in [1.29, 1.82) is 0 Å². The van der Waals surface area contributed by atoms with Crippen molar-refractivity contribution in [3.63, 3.8) is 0 Å². The molecule has 0 spiro atoms. The molecule has 9 heteroatoms. The standard InChI is InChI=1S/C19H18F3N3O2S/c1-3-25(2)12-23-15-7-8-17-16(10-15)18(26)24-28(17,27)11-13-5-4-6-14(9-13)19(20,21)22/h4-10,12H,3,11H2,1-2H3. The summed E-state index contributed by atoms with van der Waals surface area (Å²) < 4.78 is 55.8. The van der Waals surface area contributed by atoms with Crippen LogP contribution in [0.1, 0.15) is 28.4 Å². The summed E-state index contributed by atoms with van der Waals surface area (Å²) in [6, 6.07) is 9.19. The Kier molecular flexibility index (Phi) is 5.29. The molecule has 5 nitrogen and oxygen atoms in total. The van der Waals surface area contributed by atoms with Crippen molar-refractivity contribution < 1.29 is 22.2 Å². The number of fused-ring (bicyclic) bond motifs is 1. The summed E-state index contributed by atoms with van der Waals surface area (Å²) in [5, 5.41) is 0. The SMILES string of the molecule is CCN(C)C=Nc1ccc2c(c1)C(=O)N=S2(=O)Cc1cccc(C(F)(F)F)c1. The first kappa shape index (κ1) is 20.1. The van der Waals surface area contributed by atoms with Crippen LogP contribution in [0.25, 0.3) is 0 Å². The lowest BCUT2D eigenvalue weighted by Crippen LogP contribution is -2.14. The van der Waals surface area contributed by atoms with Gasteiger partial charge in [0, 0.05) is 13.6 Å². The third-order valence-corrected chi connectivity index (χ3v) is 6.52. The molecule has 0 fully saturated rings. The number of benzene rings is 2. The van der Waals surface area contributed by atoms with Crippen LogP contribution in [0.4, 0.5) is 18.9 Å². The van der Waals surface area contributed by atoms with Gasteiger partial charge in [0.15, 0.2) is 0 Å². The predicted molar refractivity (Wildman–Crippen MR) is 101 cm³/mol. The number of alkyl halides is 3. The lowest BCUT2D eigenvalue weighted by molar-refractivity contribution is -0.137. The molecule has 0 aromatic heterocycles. The van der Waals surface area contributed by atoms with Crippen molar-refractivity contribution in [2.75, 3.05) is 13.6 Å². The third-order valence-electron chi connectivity index (χ3n) is 4.29. The lowest BCUT2D eigenvalue weighted by Gasteiger charge is -2.11. The maximum atomic E-state index is 13.3. The lowest BCUT2D eigenvalue weighted by atomic mass is 10.1. The summed E-state index contributed by atoms with van der Waals surface area (Å²) in [5.41, 5.74) is 0.0502. The largest absolute Gasteiger partial charge is 0.416 e. The number of aliphatic imine (C=N–C) groups is 1. The number of halogens is 3. The van der Waals surface area contributed by atoms with Crippen LogP contribution < -0.4 is 0 Å². The van der Waals surface area contributed by atoms with E-state index in [-0.39, 0.29) is 21.8 Å². The van der Waals surface area contributed by atoms with Crippen LogP contribution >= 0.6 is 0 Å². The van der Waals surface area contributed by atoms with Gasteiger partial charge in [-0.05, 0) is 36.8 Å². The van der Waals surface area contributed by atoms with Crippen molar-refractivity contribution in [3.8, 4) is 0 Å². The number of carbonyl (C=O) groups excluding carboxylic acids is 1. The van der Waals surface area contributed by atoms with Crippen LogP contribution in [0.15, 0.2) is 56.7 Å². The maximum Gasteiger partial charge on any atom is 0.416 e. The van der Waals surface area contributed by atoms with E-state index in [1.54, 1.807) is 12.4 Å². The van der Waals surface area contributed by atoms with Crippen molar-refractivity contribution in [1.82, 2.24) is 4.90 Å². The fraction of sp³-hybridized carbons (Fsp3) is 0.263. The minimum absolute atomic E-state index is 0.172. The van der Waals surface area contributed by atoms with Crippen LogP contribution in [0.3, 0.4) is 0 Å². The molecular weight excluding hydrogens is 391 g/mol. The van der Waals surface area contributed by atoms with Gasteiger partial charge in [-0.15, -0.1) is 0 Å². The summed E-state index contributed by atoms with van der Waals surface area (Å²) in [7, 11) is -1.34. The Labute approximate surface area is 161 Å². The zero-order valence-corrected chi connectivity index (χ0v) is 16.0. The average Bonchev–Trinajstić information content (AvgIpc) is 2.89. The van der Waals surface area contributed by atoms with Crippen LogP contribution in [0, 0.1) is 0 Å². The van der Waals surface area contributed by atoms with E-state index in [0.29, 0.717) is 5.69 Å². The highest BCUT2D eigenvalue weighted by molar-refractivity contribution is 7.93. The van der Waals surface area contributed by atoms with E-state index >= 15 is 0 Å². The van der Waals surface area contributed by atoms with Gasteiger partial charge >= 0.3 is 6.18 Å². The molecule has 0 N–H and O–H groups in total. The first-order valence-corrected chi connectivity index (χ1v) is 10.1. The molecule has 3 rings (SSSR count). The summed E-state index contributed by atoms with van der Waals surface area (Å²) in [4.78, 5) is 18.6. The highest BCUT2D eigenvalue weighted by atomic mass is 32.2. The number of rotatable bonds is 5. The molecule has 0 aliphatic carbocycles. The van der Waals surface area contributed by atoms with Crippen LogP contribution in [0.2, 0.25) is 0 Å². The third kappa shape index (κ3) is 4.09. The first-order valence-electron chi connectivity index (χ1n) is 8.46. The van der Waals surface area contributed by atoms with Gasteiger partial charge < -0.3 is 4.90 Å². The molecule has 1 unspecified atom stereocenters. The predicted octanol–water partition coefficient (Wildman–Crippen LogP) is 4.50. The fourth-order valence-corrected chi connectivity index (χ4v) is 4.78. The smallest absolute Gasteiger partial charge is 0.366 e. The second-order valence-electron chi connectivity index (χ2n) is 6.38. The van der Waals surface area contributed by atoms with E-state index in [9.17, 15) is 22.2 Å². The Morgan fingerprint density at radius 3 is 2.64 bits per heavy atom. The maximum absolute atomic E-state index is 13.3. The number of carbonyl (C=O) groups is 1. The highest BCUT2D eigenvalue weighted by Crippen LogP contribution is 2.34. The highest BCUT2D eigenvalue weighted by Gasteiger charge is 2.32. The molecule has 1 amide bonds. The molecule has 1 heterocycles. The molecule has 0 radical (unpaired) electrons. The fourth-order valence-electron chi connectivity index (χ4n) is 2.70. The van der Waals surface area contributed by atoms with Gasteiger partial charge in [-0.25, -0.2) is 9.20 Å². The molecule has 1 atom stereocenters. The molecule has 28 heavy (non-hydrogen) atoms. The minimum Gasteiger partial charge on any atom is -0.366 e. The van der Waals surface area contributed by atoms with Crippen molar-refractivity contribution in [2.24, 2.45) is 9.36 Å². The number of amides is 1. The minimum atomic E-state index is -4.50. The first-order chi connectivity index (χ1) is 13.1. The molecule has 148 valence electrons. The van der Waals surface area contributed by atoms with Crippen LogP contribution in [0.5, 0.6) is 0 Å². The van der Waals surface area contributed by atoms with Gasteiger partial charge in [0.2, 0.25) is 0 Å². The van der Waals surface area contributed by atoms with Gasteiger partial charge in [-0.1, -0.05) is 18.2 Å². The molecule has 2 aromatic carbocycles.